The van der Waals surface area contributed by atoms with Crippen LogP contribution in [0, 0.1) is 24.2 Å². The van der Waals surface area contributed by atoms with Gasteiger partial charge in [-0.2, -0.15) is 5.26 Å². The zero-order valence-corrected chi connectivity index (χ0v) is 12.5. The van der Waals surface area contributed by atoms with Crippen molar-refractivity contribution in [2.45, 2.75) is 13.3 Å². The van der Waals surface area contributed by atoms with E-state index in [1.165, 1.54) is 12.3 Å². The molecule has 0 aliphatic rings. The van der Waals surface area contributed by atoms with Crippen LogP contribution in [0.1, 0.15) is 11.5 Å². The van der Waals surface area contributed by atoms with Gasteiger partial charge in [-0.05, 0) is 19.1 Å². The number of nitriles is 1. The number of nitrogens with one attached hydrogen (secondary N) is 1. The second-order valence-corrected chi connectivity index (χ2v) is 4.74. The summed E-state index contributed by atoms with van der Waals surface area (Å²) in [5.41, 5.74) is 0.373. The van der Waals surface area contributed by atoms with Gasteiger partial charge in [-0.25, -0.2) is 4.98 Å². The van der Waals surface area contributed by atoms with E-state index in [0.717, 1.165) is 0 Å². The van der Waals surface area contributed by atoms with Gasteiger partial charge in [-0.1, -0.05) is 6.08 Å². The van der Waals surface area contributed by atoms with Gasteiger partial charge in [0, 0.05) is 6.54 Å². The normalized spacial score (nSPS) is 11.5. The van der Waals surface area contributed by atoms with Crippen molar-refractivity contribution >= 4 is 11.7 Å². The van der Waals surface area contributed by atoms with Crippen LogP contribution in [0.4, 0.5) is 0 Å². The Balaban J connectivity index is 2.12. The SMILES string of the molecule is C=CCNC(=O)[C@@H](C#N)C(=O)Cc1nc(-c2ccco2)oc1C. The number of furan rings is 1. The Morgan fingerprint density at radius 2 is 2.35 bits per heavy atom. The quantitative estimate of drug-likeness (QED) is 0.616. The molecule has 0 bridgehead atoms. The van der Waals surface area contributed by atoms with Gasteiger partial charge in [-0.3, -0.25) is 9.59 Å². The molecule has 7 nitrogen and oxygen atoms in total. The Bertz CT molecular complexity index is 753. The summed E-state index contributed by atoms with van der Waals surface area (Å²) in [6, 6.07) is 5.08. The molecule has 0 saturated carbocycles. The number of carbonyl (C=O) groups is 2. The average molecular weight is 313 g/mol. The number of ketones is 1. The van der Waals surface area contributed by atoms with E-state index in [-0.39, 0.29) is 18.9 Å². The van der Waals surface area contributed by atoms with Crippen LogP contribution in [0.5, 0.6) is 0 Å². The molecule has 2 aromatic heterocycles. The van der Waals surface area contributed by atoms with E-state index in [4.69, 9.17) is 14.1 Å². The van der Waals surface area contributed by atoms with Gasteiger partial charge in [0.2, 0.25) is 5.91 Å². The number of Topliss-reactive ketones (excluding diaryl/α,β-unsaturated/α-hetero) is 1. The summed E-state index contributed by atoms with van der Waals surface area (Å²) in [6.45, 7) is 5.30. The van der Waals surface area contributed by atoms with Crippen LogP contribution in [0.15, 0.2) is 39.9 Å². The van der Waals surface area contributed by atoms with Crippen molar-refractivity contribution in [2.24, 2.45) is 5.92 Å². The van der Waals surface area contributed by atoms with Crippen LogP contribution < -0.4 is 5.32 Å². The number of amides is 1. The summed E-state index contributed by atoms with van der Waals surface area (Å²) in [5, 5.41) is 11.5. The lowest BCUT2D eigenvalue weighted by Gasteiger charge is -2.07. The van der Waals surface area contributed by atoms with Crippen molar-refractivity contribution in [3.8, 4) is 17.7 Å². The highest BCUT2D eigenvalue weighted by atomic mass is 16.4. The molecule has 2 heterocycles. The summed E-state index contributed by atoms with van der Waals surface area (Å²) < 4.78 is 10.6. The maximum atomic E-state index is 12.2. The Morgan fingerprint density at radius 1 is 1.57 bits per heavy atom. The van der Waals surface area contributed by atoms with Crippen LogP contribution in [-0.2, 0) is 16.0 Å². The molecule has 0 aliphatic carbocycles. The Labute approximate surface area is 132 Å². The van der Waals surface area contributed by atoms with E-state index in [0.29, 0.717) is 17.2 Å². The van der Waals surface area contributed by atoms with Gasteiger partial charge in [0.1, 0.15) is 5.76 Å². The maximum absolute atomic E-state index is 12.2. The van der Waals surface area contributed by atoms with E-state index >= 15 is 0 Å². The Kier molecular flexibility index (Phi) is 5.10. The molecule has 1 atom stereocenters. The van der Waals surface area contributed by atoms with Crippen molar-refractivity contribution in [2.75, 3.05) is 6.54 Å². The van der Waals surface area contributed by atoms with E-state index in [9.17, 15) is 9.59 Å². The third-order valence-corrected chi connectivity index (χ3v) is 3.10. The average Bonchev–Trinajstić information content (AvgIpc) is 3.16. The molecular weight excluding hydrogens is 298 g/mol. The molecule has 0 aliphatic heterocycles. The standard InChI is InChI=1S/C16H15N3O4/c1-3-6-18-15(21)11(9-17)13(20)8-12-10(2)23-16(19-12)14-5-4-7-22-14/h3-5,7,11H,1,6,8H2,2H3,(H,18,21)/t11-/m0/s1. The number of nitrogens with zero attached hydrogens (tertiary/aromatic N) is 2. The molecule has 7 heteroatoms. The lowest BCUT2D eigenvalue weighted by molar-refractivity contribution is -0.131. The van der Waals surface area contributed by atoms with Crippen molar-refractivity contribution in [3.63, 3.8) is 0 Å². The molecule has 1 amide bonds. The fourth-order valence-corrected chi connectivity index (χ4v) is 1.92. The monoisotopic (exact) mass is 313 g/mol. The Hall–Kier alpha value is -3.14. The molecule has 23 heavy (non-hydrogen) atoms. The number of carbonyl (C=O) groups excluding carboxylic acids is 2. The fourth-order valence-electron chi connectivity index (χ4n) is 1.92. The highest BCUT2D eigenvalue weighted by molar-refractivity contribution is 6.04. The first kappa shape index (κ1) is 16.2. The molecule has 0 spiro atoms. The van der Waals surface area contributed by atoms with Crippen molar-refractivity contribution in [1.29, 1.82) is 5.26 Å². The number of rotatable bonds is 7. The van der Waals surface area contributed by atoms with Crippen LogP contribution in [0.3, 0.4) is 0 Å². The number of aromatic nitrogens is 1. The first-order chi connectivity index (χ1) is 11.1. The number of hydrogen-bond acceptors (Lipinski definition) is 6. The van der Waals surface area contributed by atoms with Gasteiger partial charge < -0.3 is 14.2 Å². The predicted octanol–water partition coefficient (Wildman–Crippen LogP) is 1.80. The summed E-state index contributed by atoms with van der Waals surface area (Å²) in [6.07, 6.45) is 2.78. The molecular formula is C16H15N3O4. The van der Waals surface area contributed by atoms with Crippen molar-refractivity contribution < 1.29 is 18.4 Å². The molecule has 118 valence electrons. The molecule has 0 saturated heterocycles. The van der Waals surface area contributed by atoms with Gasteiger partial charge in [0.15, 0.2) is 17.5 Å². The van der Waals surface area contributed by atoms with Crippen LogP contribution in [-0.4, -0.2) is 23.2 Å². The topological polar surface area (TPSA) is 109 Å². The number of oxazole rings is 1. The third-order valence-electron chi connectivity index (χ3n) is 3.10. The minimum absolute atomic E-state index is 0.171. The largest absolute Gasteiger partial charge is 0.459 e. The first-order valence-corrected chi connectivity index (χ1v) is 6.88. The highest BCUT2D eigenvalue weighted by Gasteiger charge is 2.27. The molecule has 2 aromatic rings. The fraction of sp³-hybridized carbons (Fsp3) is 0.250. The lowest BCUT2D eigenvalue weighted by Crippen LogP contribution is -2.35. The van der Waals surface area contributed by atoms with Crippen LogP contribution >= 0.6 is 0 Å². The molecule has 1 N–H and O–H groups in total. The summed E-state index contributed by atoms with van der Waals surface area (Å²) in [7, 11) is 0. The second-order valence-electron chi connectivity index (χ2n) is 4.74. The molecule has 0 fully saturated rings. The third kappa shape index (κ3) is 3.74. The van der Waals surface area contributed by atoms with Gasteiger partial charge in [0.25, 0.3) is 5.89 Å². The van der Waals surface area contributed by atoms with Gasteiger partial charge in [0.05, 0.1) is 24.4 Å². The number of aryl methyl sites for hydroxylation is 1. The van der Waals surface area contributed by atoms with Gasteiger partial charge >= 0.3 is 0 Å². The van der Waals surface area contributed by atoms with Crippen molar-refractivity contribution in [3.05, 3.63) is 42.5 Å². The smallest absolute Gasteiger partial charge is 0.263 e. The molecule has 0 aromatic carbocycles. The van der Waals surface area contributed by atoms with E-state index < -0.39 is 17.6 Å². The molecule has 2 rings (SSSR count). The zero-order chi connectivity index (χ0) is 16.8. The molecule has 0 radical (unpaired) electrons. The summed E-state index contributed by atoms with van der Waals surface area (Å²) in [5.74, 6) is -1.46. The maximum Gasteiger partial charge on any atom is 0.263 e. The van der Waals surface area contributed by atoms with Crippen molar-refractivity contribution in [1.82, 2.24) is 10.3 Å². The minimum Gasteiger partial charge on any atom is -0.459 e. The molecule has 0 unspecified atom stereocenters. The van der Waals surface area contributed by atoms with Gasteiger partial charge in [-0.15, -0.1) is 6.58 Å². The van der Waals surface area contributed by atoms with E-state index in [2.05, 4.69) is 16.9 Å². The van der Waals surface area contributed by atoms with E-state index in [1.54, 1.807) is 25.1 Å². The van der Waals surface area contributed by atoms with Crippen LogP contribution in [0.25, 0.3) is 11.7 Å². The Morgan fingerprint density at radius 3 is 2.96 bits per heavy atom. The van der Waals surface area contributed by atoms with E-state index in [1.807, 2.05) is 0 Å². The first-order valence-electron chi connectivity index (χ1n) is 6.88. The minimum atomic E-state index is -1.39. The highest BCUT2D eigenvalue weighted by Crippen LogP contribution is 2.22. The second kappa shape index (κ2) is 7.22. The number of hydrogen-bond donors (Lipinski definition) is 1. The summed E-state index contributed by atoms with van der Waals surface area (Å²) in [4.78, 5) is 28.2. The lowest BCUT2D eigenvalue weighted by atomic mass is 10.0. The zero-order valence-electron chi connectivity index (χ0n) is 12.5. The van der Waals surface area contributed by atoms with Crippen LogP contribution in [0.2, 0.25) is 0 Å². The predicted molar refractivity (Wildman–Crippen MR) is 80.0 cm³/mol. The summed E-state index contributed by atoms with van der Waals surface area (Å²) >= 11 is 0.